The second-order valence-electron chi connectivity index (χ2n) is 4.97. The number of H-pyrrole nitrogens is 1. The Kier molecular flexibility index (Phi) is 3.76. The number of aromatic amines is 1. The third-order valence-corrected chi connectivity index (χ3v) is 3.14. The molecule has 1 heterocycles. The molecule has 0 atom stereocenters. The molecule has 0 aliphatic carbocycles. The predicted octanol–water partition coefficient (Wildman–Crippen LogP) is 2.79. The smallest absolute Gasteiger partial charge is 0.0220 e. The van der Waals surface area contributed by atoms with Crippen LogP contribution in [0, 0.1) is 11.3 Å². The SMILES string of the molecule is CC(C)C(C)(C)CNCc1cc[nH]c1. The van der Waals surface area contributed by atoms with Crippen LogP contribution < -0.4 is 5.32 Å². The summed E-state index contributed by atoms with van der Waals surface area (Å²) in [5, 5.41) is 3.49. The van der Waals surface area contributed by atoms with Crippen LogP contribution in [0.1, 0.15) is 33.3 Å². The van der Waals surface area contributed by atoms with E-state index < -0.39 is 0 Å². The molecule has 0 aliphatic rings. The Balaban J connectivity index is 2.28. The molecule has 2 N–H and O–H groups in total. The minimum atomic E-state index is 0.371. The molecule has 1 aromatic rings. The van der Waals surface area contributed by atoms with E-state index in [2.05, 4.69) is 44.1 Å². The molecule has 1 rings (SSSR count). The van der Waals surface area contributed by atoms with E-state index in [1.54, 1.807) is 0 Å². The molecular weight excluding hydrogens is 172 g/mol. The summed E-state index contributed by atoms with van der Waals surface area (Å²) >= 11 is 0. The maximum Gasteiger partial charge on any atom is 0.0220 e. The van der Waals surface area contributed by atoms with E-state index >= 15 is 0 Å². The van der Waals surface area contributed by atoms with E-state index in [0.29, 0.717) is 11.3 Å². The molecule has 0 bridgehead atoms. The third-order valence-electron chi connectivity index (χ3n) is 3.14. The van der Waals surface area contributed by atoms with E-state index in [1.165, 1.54) is 5.56 Å². The summed E-state index contributed by atoms with van der Waals surface area (Å²) in [6.07, 6.45) is 4.00. The van der Waals surface area contributed by atoms with Gasteiger partial charge in [0, 0.05) is 25.5 Å². The first kappa shape index (κ1) is 11.3. The second kappa shape index (κ2) is 4.65. The van der Waals surface area contributed by atoms with E-state index in [1.807, 2.05) is 12.4 Å². The lowest BCUT2D eigenvalue weighted by Crippen LogP contribution is -2.33. The largest absolute Gasteiger partial charge is 0.367 e. The topological polar surface area (TPSA) is 27.8 Å². The van der Waals surface area contributed by atoms with Gasteiger partial charge in [0.2, 0.25) is 0 Å². The van der Waals surface area contributed by atoms with Gasteiger partial charge in [0.25, 0.3) is 0 Å². The molecule has 2 nitrogen and oxygen atoms in total. The number of hydrogen-bond donors (Lipinski definition) is 2. The summed E-state index contributed by atoms with van der Waals surface area (Å²) in [6.45, 7) is 11.2. The predicted molar refractivity (Wildman–Crippen MR) is 61.1 cm³/mol. The summed E-state index contributed by atoms with van der Waals surface area (Å²) in [6, 6.07) is 2.11. The van der Waals surface area contributed by atoms with Gasteiger partial charge in [0.05, 0.1) is 0 Å². The van der Waals surface area contributed by atoms with E-state index in [9.17, 15) is 0 Å². The fraction of sp³-hybridized carbons (Fsp3) is 0.667. The van der Waals surface area contributed by atoms with Crippen LogP contribution in [0.3, 0.4) is 0 Å². The molecule has 0 saturated heterocycles. The summed E-state index contributed by atoms with van der Waals surface area (Å²) in [4.78, 5) is 3.06. The summed E-state index contributed by atoms with van der Waals surface area (Å²) in [7, 11) is 0. The molecule has 1 aromatic heterocycles. The highest BCUT2D eigenvalue weighted by Crippen LogP contribution is 2.24. The number of rotatable bonds is 5. The first-order valence-corrected chi connectivity index (χ1v) is 5.35. The van der Waals surface area contributed by atoms with Crippen LogP contribution in [0.2, 0.25) is 0 Å². The van der Waals surface area contributed by atoms with Gasteiger partial charge in [-0.1, -0.05) is 27.7 Å². The summed E-state index contributed by atoms with van der Waals surface area (Å²) < 4.78 is 0. The standard InChI is InChI=1S/C12H22N2/c1-10(2)12(3,4)9-14-8-11-5-6-13-7-11/h5-7,10,13-14H,8-9H2,1-4H3. The van der Waals surface area contributed by atoms with E-state index in [-0.39, 0.29) is 0 Å². The maximum absolute atomic E-state index is 3.49. The van der Waals surface area contributed by atoms with Crippen molar-refractivity contribution < 1.29 is 0 Å². The molecule has 0 saturated carbocycles. The van der Waals surface area contributed by atoms with Gasteiger partial charge < -0.3 is 10.3 Å². The first-order chi connectivity index (χ1) is 6.52. The Morgan fingerprint density at radius 1 is 1.43 bits per heavy atom. The Morgan fingerprint density at radius 3 is 2.64 bits per heavy atom. The molecule has 0 spiro atoms. The van der Waals surface area contributed by atoms with Gasteiger partial charge in [-0.05, 0) is 23.0 Å². The van der Waals surface area contributed by atoms with Crippen molar-refractivity contribution in [3.8, 4) is 0 Å². The molecule has 0 unspecified atom stereocenters. The zero-order chi connectivity index (χ0) is 10.6. The monoisotopic (exact) mass is 194 g/mol. The van der Waals surface area contributed by atoms with E-state index in [4.69, 9.17) is 0 Å². The zero-order valence-corrected chi connectivity index (χ0v) is 9.72. The highest BCUT2D eigenvalue weighted by molar-refractivity contribution is 5.07. The quantitative estimate of drug-likeness (QED) is 0.741. The van der Waals surface area contributed by atoms with E-state index in [0.717, 1.165) is 13.1 Å². The minimum Gasteiger partial charge on any atom is -0.367 e. The van der Waals surface area contributed by atoms with Crippen molar-refractivity contribution in [3.05, 3.63) is 24.0 Å². The van der Waals surface area contributed by atoms with Crippen molar-refractivity contribution in [2.24, 2.45) is 11.3 Å². The van der Waals surface area contributed by atoms with Gasteiger partial charge in [0.1, 0.15) is 0 Å². The van der Waals surface area contributed by atoms with Gasteiger partial charge >= 0.3 is 0 Å². The molecule has 0 aromatic carbocycles. The van der Waals surface area contributed by atoms with Gasteiger partial charge in [0.15, 0.2) is 0 Å². The summed E-state index contributed by atoms with van der Waals surface area (Å²) in [5.41, 5.74) is 1.69. The molecule has 0 aliphatic heterocycles. The van der Waals surface area contributed by atoms with Crippen molar-refractivity contribution in [2.75, 3.05) is 6.54 Å². The van der Waals surface area contributed by atoms with Crippen LogP contribution in [0.15, 0.2) is 18.5 Å². The third kappa shape index (κ3) is 3.18. The molecule has 2 heteroatoms. The van der Waals surface area contributed by atoms with Crippen molar-refractivity contribution in [1.82, 2.24) is 10.3 Å². The Hall–Kier alpha value is -0.760. The Bertz CT molecular complexity index is 247. The molecule has 0 amide bonds. The van der Waals surface area contributed by atoms with Gasteiger partial charge in [-0.15, -0.1) is 0 Å². The number of nitrogens with one attached hydrogen (secondary N) is 2. The fourth-order valence-corrected chi connectivity index (χ4v) is 1.20. The number of hydrogen-bond acceptors (Lipinski definition) is 1. The van der Waals surface area contributed by atoms with Crippen LogP contribution >= 0.6 is 0 Å². The minimum absolute atomic E-state index is 0.371. The molecular formula is C12H22N2. The molecule has 0 radical (unpaired) electrons. The summed E-state index contributed by atoms with van der Waals surface area (Å²) in [5.74, 6) is 0.709. The van der Waals surface area contributed by atoms with Gasteiger partial charge in [-0.25, -0.2) is 0 Å². The highest BCUT2D eigenvalue weighted by atomic mass is 14.9. The normalized spacial score (nSPS) is 12.4. The molecule has 14 heavy (non-hydrogen) atoms. The van der Waals surface area contributed by atoms with Gasteiger partial charge in [-0.2, -0.15) is 0 Å². The Morgan fingerprint density at radius 2 is 2.14 bits per heavy atom. The Labute approximate surface area is 87.1 Å². The van der Waals surface area contributed by atoms with Crippen LogP contribution in [0.25, 0.3) is 0 Å². The second-order valence-corrected chi connectivity index (χ2v) is 4.97. The van der Waals surface area contributed by atoms with Crippen molar-refractivity contribution in [2.45, 2.75) is 34.2 Å². The lowest BCUT2D eigenvalue weighted by atomic mass is 9.81. The first-order valence-electron chi connectivity index (χ1n) is 5.35. The number of aromatic nitrogens is 1. The van der Waals surface area contributed by atoms with Crippen LogP contribution in [0.5, 0.6) is 0 Å². The lowest BCUT2D eigenvalue weighted by molar-refractivity contribution is 0.238. The van der Waals surface area contributed by atoms with Crippen molar-refractivity contribution in [3.63, 3.8) is 0 Å². The van der Waals surface area contributed by atoms with Crippen molar-refractivity contribution >= 4 is 0 Å². The van der Waals surface area contributed by atoms with Crippen LogP contribution in [-0.4, -0.2) is 11.5 Å². The molecule has 80 valence electrons. The van der Waals surface area contributed by atoms with Gasteiger partial charge in [-0.3, -0.25) is 0 Å². The lowest BCUT2D eigenvalue weighted by Gasteiger charge is -2.29. The maximum atomic E-state index is 3.49. The van der Waals surface area contributed by atoms with Crippen LogP contribution in [0.4, 0.5) is 0 Å². The average molecular weight is 194 g/mol. The van der Waals surface area contributed by atoms with Crippen LogP contribution in [-0.2, 0) is 6.54 Å². The highest BCUT2D eigenvalue weighted by Gasteiger charge is 2.21. The van der Waals surface area contributed by atoms with Crippen molar-refractivity contribution in [1.29, 1.82) is 0 Å². The fourth-order valence-electron chi connectivity index (χ4n) is 1.20. The average Bonchev–Trinajstić information content (AvgIpc) is 2.56. The zero-order valence-electron chi connectivity index (χ0n) is 9.72. The molecule has 0 fully saturated rings.